The Morgan fingerprint density at radius 3 is 2.21 bits per heavy atom. The predicted molar refractivity (Wildman–Crippen MR) is 129 cm³/mol. The van der Waals surface area contributed by atoms with E-state index in [1.54, 1.807) is 4.90 Å². The summed E-state index contributed by atoms with van der Waals surface area (Å²) in [5, 5.41) is 11.8. The second kappa shape index (κ2) is 10.3. The largest absolute Gasteiger partial charge is 0.481 e. The number of carbonyl (C=O) groups is 3. The molecule has 2 aliphatic rings. The van der Waals surface area contributed by atoms with E-state index in [-0.39, 0.29) is 31.3 Å². The third-order valence-corrected chi connectivity index (χ3v) is 7.06. The van der Waals surface area contributed by atoms with Crippen molar-refractivity contribution in [3.05, 3.63) is 59.7 Å². The zero-order valence-electron chi connectivity index (χ0n) is 19.6. The number of hydrogen-bond acceptors (Lipinski definition) is 4. The Morgan fingerprint density at radius 2 is 1.68 bits per heavy atom. The molecule has 2 aromatic rings. The molecule has 0 unspecified atom stereocenters. The summed E-state index contributed by atoms with van der Waals surface area (Å²) in [6.45, 7) is 3.04. The van der Waals surface area contributed by atoms with Crippen molar-refractivity contribution in [2.45, 2.75) is 56.9 Å². The molecule has 1 fully saturated rings. The van der Waals surface area contributed by atoms with E-state index in [1.807, 2.05) is 31.2 Å². The van der Waals surface area contributed by atoms with Gasteiger partial charge in [0.1, 0.15) is 6.61 Å². The summed E-state index contributed by atoms with van der Waals surface area (Å²) in [5.41, 5.74) is 4.08. The van der Waals surface area contributed by atoms with E-state index in [9.17, 15) is 14.4 Å². The minimum Gasteiger partial charge on any atom is -0.481 e. The SMILES string of the molecule is CCN(CCCC(=O)O)C(=O)CC1(NC(=O)OCC2c3ccccc3-c3ccccc32)CCC1. The molecule has 0 aliphatic heterocycles. The number of nitrogens with zero attached hydrogens (tertiary/aromatic N) is 1. The molecule has 0 spiro atoms. The number of benzene rings is 2. The van der Waals surface area contributed by atoms with Crippen LogP contribution in [0.15, 0.2) is 48.5 Å². The van der Waals surface area contributed by atoms with E-state index in [1.165, 1.54) is 11.1 Å². The van der Waals surface area contributed by atoms with E-state index >= 15 is 0 Å². The number of aliphatic carboxylic acids is 1. The van der Waals surface area contributed by atoms with Crippen LogP contribution in [0.25, 0.3) is 11.1 Å². The van der Waals surface area contributed by atoms with Gasteiger partial charge in [-0.3, -0.25) is 9.59 Å². The van der Waals surface area contributed by atoms with Crippen LogP contribution in [0.1, 0.15) is 62.5 Å². The molecule has 0 heterocycles. The molecule has 2 aromatic carbocycles. The molecule has 7 nitrogen and oxygen atoms in total. The molecule has 180 valence electrons. The summed E-state index contributed by atoms with van der Waals surface area (Å²) in [6.07, 6.45) is 2.57. The first kappa shape index (κ1) is 23.8. The van der Waals surface area contributed by atoms with Gasteiger partial charge in [0.25, 0.3) is 0 Å². The van der Waals surface area contributed by atoms with Crippen LogP contribution in [0.3, 0.4) is 0 Å². The lowest BCUT2D eigenvalue weighted by molar-refractivity contribution is -0.138. The summed E-state index contributed by atoms with van der Waals surface area (Å²) in [6, 6.07) is 16.4. The van der Waals surface area contributed by atoms with Crippen LogP contribution >= 0.6 is 0 Å². The topological polar surface area (TPSA) is 95.9 Å². The molecule has 1 saturated carbocycles. The predicted octanol–water partition coefficient (Wildman–Crippen LogP) is 4.55. The standard InChI is InChI=1S/C27H32N2O5/c1-2-29(16-7-13-25(31)32)24(30)17-27(14-8-15-27)28-26(33)34-18-23-21-11-5-3-9-19(21)20-10-4-6-12-22(20)23/h3-6,9-12,23H,2,7-8,13-18H2,1H3,(H,28,33)(H,31,32). The Hall–Kier alpha value is -3.35. The minimum atomic E-state index is -0.865. The van der Waals surface area contributed by atoms with Gasteiger partial charge in [0.05, 0.1) is 12.0 Å². The van der Waals surface area contributed by atoms with Crippen molar-refractivity contribution < 1.29 is 24.2 Å². The Kier molecular flexibility index (Phi) is 7.20. The Labute approximate surface area is 200 Å². The molecule has 34 heavy (non-hydrogen) atoms. The normalized spacial score (nSPS) is 15.6. The van der Waals surface area contributed by atoms with Crippen molar-refractivity contribution in [3.8, 4) is 11.1 Å². The molecule has 2 N–H and O–H groups in total. The van der Waals surface area contributed by atoms with Crippen LogP contribution in [0.2, 0.25) is 0 Å². The maximum absolute atomic E-state index is 12.9. The molecule has 7 heteroatoms. The van der Waals surface area contributed by atoms with Crippen molar-refractivity contribution in [1.82, 2.24) is 10.2 Å². The van der Waals surface area contributed by atoms with E-state index in [4.69, 9.17) is 9.84 Å². The third-order valence-electron chi connectivity index (χ3n) is 7.06. The van der Waals surface area contributed by atoms with Crippen LogP contribution in [-0.4, -0.2) is 53.2 Å². The van der Waals surface area contributed by atoms with E-state index < -0.39 is 17.6 Å². The van der Waals surface area contributed by atoms with Gasteiger partial charge in [-0.05, 0) is 54.9 Å². The highest BCUT2D eigenvalue weighted by atomic mass is 16.5. The molecule has 0 saturated heterocycles. The van der Waals surface area contributed by atoms with Gasteiger partial charge in [-0.2, -0.15) is 0 Å². The van der Waals surface area contributed by atoms with E-state index in [2.05, 4.69) is 29.6 Å². The van der Waals surface area contributed by atoms with Crippen LogP contribution in [-0.2, 0) is 14.3 Å². The van der Waals surface area contributed by atoms with Gasteiger partial charge in [0.15, 0.2) is 0 Å². The quantitative estimate of drug-likeness (QED) is 0.538. The molecule has 2 aliphatic carbocycles. The van der Waals surface area contributed by atoms with Gasteiger partial charge in [0.2, 0.25) is 5.91 Å². The highest BCUT2D eigenvalue weighted by Gasteiger charge is 2.42. The molecule has 0 aromatic heterocycles. The number of carboxylic acid groups (broad SMARTS) is 1. The number of carbonyl (C=O) groups excluding carboxylic acids is 2. The van der Waals surface area contributed by atoms with Gasteiger partial charge < -0.3 is 20.1 Å². The van der Waals surface area contributed by atoms with Gasteiger partial charge in [-0.1, -0.05) is 48.5 Å². The van der Waals surface area contributed by atoms with Gasteiger partial charge in [0, 0.05) is 25.4 Å². The number of nitrogens with one attached hydrogen (secondary N) is 1. The fourth-order valence-electron chi connectivity index (χ4n) is 5.08. The summed E-state index contributed by atoms with van der Waals surface area (Å²) in [4.78, 5) is 38.1. The van der Waals surface area contributed by atoms with E-state index in [0.717, 1.165) is 30.4 Å². The van der Waals surface area contributed by atoms with Crippen LogP contribution < -0.4 is 5.32 Å². The number of carboxylic acids is 1. The average Bonchev–Trinajstić information content (AvgIpc) is 3.12. The summed E-state index contributed by atoms with van der Waals surface area (Å²) in [5.74, 6) is -0.940. The summed E-state index contributed by atoms with van der Waals surface area (Å²) >= 11 is 0. The van der Waals surface area contributed by atoms with Crippen molar-refractivity contribution >= 4 is 18.0 Å². The lowest BCUT2D eigenvalue weighted by atomic mass is 9.74. The molecule has 4 rings (SSSR count). The lowest BCUT2D eigenvalue weighted by Crippen LogP contribution is -2.56. The average molecular weight is 465 g/mol. The number of amides is 2. The van der Waals surface area contributed by atoms with Crippen LogP contribution in [0.5, 0.6) is 0 Å². The van der Waals surface area contributed by atoms with Crippen molar-refractivity contribution in [2.24, 2.45) is 0 Å². The Bertz CT molecular complexity index is 1020. The van der Waals surface area contributed by atoms with Crippen molar-refractivity contribution in [1.29, 1.82) is 0 Å². The zero-order valence-corrected chi connectivity index (χ0v) is 19.6. The maximum Gasteiger partial charge on any atom is 0.407 e. The Morgan fingerprint density at radius 1 is 1.06 bits per heavy atom. The molecule has 2 amide bonds. The monoisotopic (exact) mass is 464 g/mol. The van der Waals surface area contributed by atoms with Gasteiger partial charge in [-0.25, -0.2) is 4.79 Å². The number of hydrogen-bond donors (Lipinski definition) is 2. The summed E-state index contributed by atoms with van der Waals surface area (Å²) in [7, 11) is 0. The number of alkyl carbamates (subject to hydrolysis) is 1. The highest BCUT2D eigenvalue weighted by molar-refractivity contribution is 5.80. The maximum atomic E-state index is 12.9. The second-order valence-electron chi connectivity index (χ2n) is 9.23. The van der Waals surface area contributed by atoms with E-state index in [0.29, 0.717) is 19.5 Å². The highest BCUT2D eigenvalue weighted by Crippen LogP contribution is 2.44. The molecule has 0 radical (unpaired) electrons. The molecule has 0 atom stereocenters. The van der Waals surface area contributed by atoms with Crippen LogP contribution in [0.4, 0.5) is 4.79 Å². The lowest BCUT2D eigenvalue weighted by Gasteiger charge is -2.42. The summed E-state index contributed by atoms with van der Waals surface area (Å²) < 4.78 is 5.69. The molecular formula is C27H32N2O5. The first-order valence-corrected chi connectivity index (χ1v) is 12.1. The molecular weight excluding hydrogens is 432 g/mol. The van der Waals surface area contributed by atoms with Crippen LogP contribution in [0, 0.1) is 0 Å². The minimum absolute atomic E-state index is 0.0121. The number of rotatable bonds is 10. The Balaban J connectivity index is 1.35. The number of fused-ring (bicyclic) bond motifs is 3. The number of ether oxygens (including phenoxy) is 1. The fourth-order valence-corrected chi connectivity index (χ4v) is 5.08. The second-order valence-corrected chi connectivity index (χ2v) is 9.23. The van der Waals surface area contributed by atoms with Crippen molar-refractivity contribution in [3.63, 3.8) is 0 Å². The fraction of sp³-hybridized carbons (Fsp3) is 0.444. The smallest absolute Gasteiger partial charge is 0.407 e. The molecule has 0 bridgehead atoms. The van der Waals surface area contributed by atoms with Crippen molar-refractivity contribution in [2.75, 3.05) is 19.7 Å². The zero-order chi connectivity index (χ0) is 24.1. The van der Waals surface area contributed by atoms with Gasteiger partial charge in [-0.15, -0.1) is 0 Å². The first-order chi connectivity index (χ1) is 16.4. The van der Waals surface area contributed by atoms with Gasteiger partial charge >= 0.3 is 12.1 Å². The first-order valence-electron chi connectivity index (χ1n) is 12.1. The third kappa shape index (κ3) is 5.08.